The van der Waals surface area contributed by atoms with Gasteiger partial charge in [0, 0.05) is 80.9 Å². The Hall–Kier alpha value is -9.78. The molecule has 29 nitrogen and oxygen atoms in total. The number of carbonyl (C=O) groups excluding carboxylic acids is 4. The first-order valence-electron chi connectivity index (χ1n) is 31.5. The number of carbonyl (C=O) groups is 4. The molecule has 5 heterocycles. The van der Waals surface area contributed by atoms with E-state index in [9.17, 15) is 45.1 Å². The minimum absolute atomic E-state index is 0.0277. The van der Waals surface area contributed by atoms with E-state index in [1.54, 1.807) is 12.1 Å². The first-order valence-corrected chi connectivity index (χ1v) is 37.0. The van der Waals surface area contributed by atoms with Gasteiger partial charge in [-0.05, 0) is 132 Å². The maximum Gasteiger partial charge on any atom is 0.294 e. The lowest BCUT2D eigenvalue weighted by Crippen LogP contribution is -2.36. The molecule has 0 spiro atoms. The highest BCUT2D eigenvalue weighted by atomic mass is 32.2. The third kappa shape index (κ3) is 19.1. The zero-order chi connectivity index (χ0) is 71.1. The molecule has 522 valence electrons. The number of ether oxygens (including phenoxy) is 2. The SMILES string of the molecule is CCN(CC)c1ccc(/N=N/c2nc(N3CCOCC3)c(/C=C(/C(C)=O)C(=O)Nc3cccc(S(=O)(=O)O)c3)s2)c(Nc2nc(Nc3cc(N(CC)CC)ccc3/N=N/c3nc(N4CCOCC4)c(/C=C(\C(C)=O)C(=O)Nc4cccc(S(=O)(=O)O)c4)s3)nc(SCc3ccccc3)n2)c1. The van der Waals surface area contributed by atoms with Gasteiger partial charge in [-0.25, -0.2) is 0 Å². The Labute approximate surface area is 589 Å². The van der Waals surface area contributed by atoms with E-state index in [2.05, 4.69) is 41.3 Å². The predicted octanol–water partition coefficient (Wildman–Crippen LogP) is 12.5. The van der Waals surface area contributed by atoms with E-state index < -0.39 is 53.4 Å². The van der Waals surface area contributed by atoms with E-state index in [0.29, 0.717) is 134 Å². The third-order valence-electron chi connectivity index (χ3n) is 15.5. The second-order valence-electron chi connectivity index (χ2n) is 22.1. The molecule has 0 radical (unpaired) electrons. The van der Waals surface area contributed by atoms with Crippen molar-refractivity contribution < 1.29 is 54.6 Å². The van der Waals surface area contributed by atoms with Crippen molar-refractivity contribution in [3.63, 3.8) is 0 Å². The molecule has 6 N–H and O–H groups in total. The standard InChI is InChI=1S/C66H71N17O12S5/c1-7-80(8-2)46-22-24-52(76-78-65-71-58(82-26-30-94-31-27-82)56(97-65)38-50(41(5)84)60(86)67-44-18-14-20-48(34-44)99(88,89)90)54(36-46)69-62-73-63(75-64(74-62)96-40-43-16-12-11-13-17-43)70-55-37-47(81(9-3)10-4)23-25-53(55)77-79-66-72-59(83-28-32-95-33-29-83)57(98-66)39-51(42(6)85)61(87)68-45-19-15-21-49(35-45)100(91,92)93/h11-25,34-39H,7-10,26-33,40H2,1-6H3,(H,67,86)(H,68,87)(H,88,89,90)(H,91,92,93)(H2,69,70,73,74,75)/b50-38-,51-39+,78-76+,79-77+. The summed E-state index contributed by atoms with van der Waals surface area (Å²) in [4.78, 5) is 86.8. The number of aromatic nitrogens is 5. The molecule has 0 bridgehead atoms. The van der Waals surface area contributed by atoms with Gasteiger partial charge in [0.1, 0.15) is 23.0 Å². The molecular formula is C66H71N17O12S5. The van der Waals surface area contributed by atoms with Crippen molar-refractivity contribution >= 4 is 169 Å². The van der Waals surface area contributed by atoms with E-state index in [0.717, 1.165) is 51.7 Å². The van der Waals surface area contributed by atoms with Crippen LogP contribution in [0.25, 0.3) is 12.2 Å². The fourth-order valence-corrected chi connectivity index (χ4v) is 13.9. The summed E-state index contributed by atoms with van der Waals surface area (Å²) in [5.41, 5.74) is 3.88. The summed E-state index contributed by atoms with van der Waals surface area (Å²) in [6.07, 6.45) is 2.81. The molecule has 2 aliphatic heterocycles. The number of nitrogens with zero attached hydrogens (tertiary/aromatic N) is 13. The molecule has 2 saturated heterocycles. The lowest BCUT2D eigenvalue weighted by molar-refractivity contribution is -0.120. The summed E-state index contributed by atoms with van der Waals surface area (Å²) >= 11 is 3.55. The van der Waals surface area contributed by atoms with Gasteiger partial charge in [-0.2, -0.15) is 41.8 Å². The number of thiazole rings is 2. The molecular weight excluding hydrogens is 1380 g/mol. The Morgan fingerprint density at radius 1 is 0.550 bits per heavy atom. The fourth-order valence-electron chi connectivity index (χ4n) is 10.4. The Bertz CT molecular complexity index is 4420. The van der Waals surface area contributed by atoms with Crippen molar-refractivity contribution in [1.82, 2.24) is 24.9 Å². The Morgan fingerprint density at radius 3 is 1.36 bits per heavy atom. The number of azo groups is 2. The molecule has 0 saturated carbocycles. The van der Waals surface area contributed by atoms with Gasteiger partial charge in [-0.15, -0.1) is 20.5 Å². The number of rotatable bonds is 29. The molecule has 3 aromatic heterocycles. The lowest BCUT2D eigenvalue weighted by Gasteiger charge is -2.27. The van der Waals surface area contributed by atoms with Gasteiger partial charge in [0.15, 0.2) is 16.7 Å². The van der Waals surface area contributed by atoms with Crippen LogP contribution >= 0.6 is 34.4 Å². The maximum absolute atomic E-state index is 13.8. The van der Waals surface area contributed by atoms with Gasteiger partial charge in [0.05, 0.1) is 68.5 Å². The lowest BCUT2D eigenvalue weighted by atomic mass is 10.1. The van der Waals surface area contributed by atoms with E-state index in [-0.39, 0.29) is 44.7 Å². The summed E-state index contributed by atoms with van der Waals surface area (Å²) in [7, 11) is -9.20. The fraction of sp³-hybridized carbons (Fsp3) is 0.288. The summed E-state index contributed by atoms with van der Waals surface area (Å²) < 4.78 is 78.2. The largest absolute Gasteiger partial charge is 0.378 e. The normalized spacial score (nSPS) is 14.0. The number of amides is 2. The molecule has 2 aliphatic rings. The number of nitrogens with one attached hydrogen (secondary N) is 4. The number of morpholine rings is 2. The second kappa shape index (κ2) is 33.4. The smallest absolute Gasteiger partial charge is 0.294 e. The highest BCUT2D eigenvalue weighted by molar-refractivity contribution is 7.98. The highest BCUT2D eigenvalue weighted by Crippen LogP contribution is 2.41. The molecule has 0 atom stereocenters. The van der Waals surface area contributed by atoms with Crippen LogP contribution in [0.1, 0.15) is 56.9 Å². The van der Waals surface area contributed by atoms with Crippen LogP contribution in [-0.4, -0.2) is 153 Å². The van der Waals surface area contributed by atoms with Crippen LogP contribution in [-0.2, 0) is 54.6 Å². The quantitative estimate of drug-likeness (QED) is 0.00633. The topological polar surface area (TPSA) is 370 Å². The van der Waals surface area contributed by atoms with Crippen molar-refractivity contribution in [2.24, 2.45) is 20.5 Å². The molecule has 10 rings (SSSR count). The van der Waals surface area contributed by atoms with Crippen molar-refractivity contribution in [3.05, 3.63) is 142 Å². The van der Waals surface area contributed by atoms with Gasteiger partial charge >= 0.3 is 0 Å². The molecule has 5 aromatic carbocycles. The number of thioether (sulfide) groups is 1. The molecule has 100 heavy (non-hydrogen) atoms. The van der Waals surface area contributed by atoms with E-state index in [4.69, 9.17) is 44.6 Å². The van der Waals surface area contributed by atoms with Gasteiger partial charge in [0.2, 0.25) is 22.2 Å². The van der Waals surface area contributed by atoms with E-state index in [1.807, 2.05) is 92.1 Å². The Kier molecular flexibility index (Phi) is 24.4. The monoisotopic (exact) mass is 1450 g/mol. The van der Waals surface area contributed by atoms with E-state index >= 15 is 0 Å². The molecule has 0 aliphatic carbocycles. The first kappa shape index (κ1) is 73.0. The van der Waals surface area contributed by atoms with Crippen molar-refractivity contribution in [2.45, 2.75) is 62.2 Å². The number of hydrogen-bond acceptors (Lipinski definition) is 28. The van der Waals surface area contributed by atoms with Gasteiger partial charge in [-0.3, -0.25) is 28.3 Å². The Balaban J connectivity index is 1.01. The van der Waals surface area contributed by atoms with E-state index in [1.165, 1.54) is 74.2 Å². The predicted molar refractivity (Wildman–Crippen MR) is 388 cm³/mol. The number of benzene rings is 5. The van der Waals surface area contributed by atoms with Crippen LogP contribution in [0.2, 0.25) is 0 Å². The van der Waals surface area contributed by atoms with Crippen LogP contribution < -0.4 is 40.9 Å². The van der Waals surface area contributed by atoms with Crippen molar-refractivity contribution in [2.75, 3.05) is 120 Å². The second-order valence-corrected chi connectivity index (χ2v) is 28.0. The first-order chi connectivity index (χ1) is 48.0. The molecule has 8 aromatic rings. The van der Waals surface area contributed by atoms with Crippen LogP contribution in [0.4, 0.5) is 79.3 Å². The minimum atomic E-state index is -4.60. The van der Waals surface area contributed by atoms with Crippen LogP contribution in [0.5, 0.6) is 0 Å². The number of Topliss-reactive ketones (excluding diaryl/α,β-unsaturated/α-hetero) is 2. The van der Waals surface area contributed by atoms with Crippen LogP contribution in [0.3, 0.4) is 0 Å². The average Bonchev–Trinajstić information content (AvgIpc) is 1.53. The number of hydrogen-bond donors (Lipinski definition) is 6. The van der Waals surface area contributed by atoms with Crippen molar-refractivity contribution in [1.29, 1.82) is 0 Å². The molecule has 34 heteroatoms. The summed E-state index contributed by atoms with van der Waals surface area (Å²) in [5.74, 6) is -1.23. The molecule has 2 amide bonds. The zero-order valence-electron chi connectivity index (χ0n) is 55.1. The van der Waals surface area contributed by atoms with Gasteiger partial charge in [-0.1, -0.05) is 76.9 Å². The van der Waals surface area contributed by atoms with Gasteiger partial charge < -0.3 is 50.3 Å². The van der Waals surface area contributed by atoms with Crippen LogP contribution in [0.15, 0.2) is 162 Å². The summed E-state index contributed by atoms with van der Waals surface area (Å²) in [6.45, 7) is 16.7. The minimum Gasteiger partial charge on any atom is -0.378 e. The Morgan fingerprint density at radius 2 is 0.970 bits per heavy atom. The van der Waals surface area contributed by atoms with Crippen LogP contribution in [0, 0.1) is 0 Å². The van der Waals surface area contributed by atoms with Crippen molar-refractivity contribution in [3.8, 4) is 0 Å². The van der Waals surface area contributed by atoms with Gasteiger partial charge in [0.25, 0.3) is 32.1 Å². The number of anilines is 10. The highest BCUT2D eigenvalue weighted by Gasteiger charge is 2.27. The molecule has 2 fully saturated rings. The number of ketones is 2. The maximum atomic E-state index is 13.8. The third-order valence-corrected chi connectivity index (χ3v) is 19.8. The average molecular weight is 1450 g/mol. The summed E-state index contributed by atoms with van der Waals surface area (Å²) in [5, 5.41) is 31.5. The molecule has 0 unspecified atom stereocenters. The zero-order valence-corrected chi connectivity index (χ0v) is 59.2. The summed E-state index contributed by atoms with van der Waals surface area (Å²) in [6, 6.07) is 31.1.